The number of aryl methyl sites for hydroxylation is 1. The highest BCUT2D eigenvalue weighted by atomic mass is 79.9. The van der Waals surface area contributed by atoms with Gasteiger partial charge in [-0.3, -0.25) is 4.68 Å². The van der Waals surface area contributed by atoms with Gasteiger partial charge in [-0.2, -0.15) is 5.10 Å². The van der Waals surface area contributed by atoms with Gasteiger partial charge in [-0.1, -0.05) is 6.07 Å². The molecule has 1 heterocycles. The molecule has 5 heteroatoms. The Bertz CT molecular complexity index is 479. The van der Waals surface area contributed by atoms with Gasteiger partial charge in [0.15, 0.2) is 0 Å². The summed E-state index contributed by atoms with van der Waals surface area (Å²) >= 11 is 3.30. The first kappa shape index (κ1) is 9.58. The number of hydrogen-bond donors (Lipinski definition) is 0. The molecule has 74 valence electrons. The quantitative estimate of drug-likeness (QED) is 0.770. The lowest BCUT2D eigenvalue weighted by Gasteiger charge is -2.03. The van der Waals surface area contributed by atoms with Gasteiger partial charge in [0.05, 0.1) is 11.7 Å². The van der Waals surface area contributed by atoms with Crippen molar-refractivity contribution >= 4 is 26.8 Å². The van der Waals surface area contributed by atoms with Crippen LogP contribution in [0.5, 0.6) is 0 Å². The summed E-state index contributed by atoms with van der Waals surface area (Å²) in [7, 11) is 1.72. The lowest BCUT2D eigenvalue weighted by Crippen LogP contribution is -1.91. The number of alkyl halides is 2. The van der Waals surface area contributed by atoms with Gasteiger partial charge in [-0.15, -0.1) is 0 Å². The van der Waals surface area contributed by atoms with Gasteiger partial charge in [0.25, 0.3) is 6.43 Å². The molecule has 14 heavy (non-hydrogen) atoms. The molecular weight excluding hydrogens is 254 g/mol. The highest BCUT2D eigenvalue weighted by molar-refractivity contribution is 9.10. The standard InChI is InChI=1S/C9H7BrF2N2/c1-14-8-6(4-13-14)5(9(11)12)2-3-7(8)10/h2-4,9H,1H3. The van der Waals surface area contributed by atoms with Gasteiger partial charge in [-0.05, 0) is 22.0 Å². The van der Waals surface area contributed by atoms with E-state index in [1.807, 2.05) is 0 Å². The molecule has 0 saturated carbocycles. The number of nitrogens with zero attached hydrogens (tertiary/aromatic N) is 2. The van der Waals surface area contributed by atoms with Crippen molar-refractivity contribution in [3.05, 3.63) is 28.4 Å². The van der Waals surface area contributed by atoms with Crippen LogP contribution in [-0.2, 0) is 7.05 Å². The highest BCUT2D eigenvalue weighted by Crippen LogP contribution is 2.31. The van der Waals surface area contributed by atoms with Gasteiger partial charge in [0, 0.05) is 22.5 Å². The molecule has 1 aromatic carbocycles. The number of aromatic nitrogens is 2. The molecule has 0 aliphatic carbocycles. The van der Waals surface area contributed by atoms with Crippen LogP contribution in [0.3, 0.4) is 0 Å². The molecule has 0 aliphatic rings. The minimum absolute atomic E-state index is 0.0244. The predicted molar refractivity (Wildman–Crippen MR) is 53.4 cm³/mol. The third-order valence-electron chi connectivity index (χ3n) is 2.12. The molecule has 2 aromatic rings. The predicted octanol–water partition coefficient (Wildman–Crippen LogP) is 3.27. The molecule has 0 atom stereocenters. The molecule has 0 saturated heterocycles. The maximum absolute atomic E-state index is 12.6. The lowest BCUT2D eigenvalue weighted by atomic mass is 10.1. The van der Waals surface area contributed by atoms with E-state index in [1.54, 1.807) is 17.8 Å². The topological polar surface area (TPSA) is 17.8 Å². The van der Waals surface area contributed by atoms with Crippen LogP contribution in [0.4, 0.5) is 8.78 Å². The first-order chi connectivity index (χ1) is 6.61. The van der Waals surface area contributed by atoms with Crippen LogP contribution in [0.2, 0.25) is 0 Å². The van der Waals surface area contributed by atoms with Crippen LogP contribution >= 0.6 is 15.9 Å². The van der Waals surface area contributed by atoms with Crippen LogP contribution in [0, 0.1) is 0 Å². The minimum atomic E-state index is -2.46. The molecule has 0 unspecified atom stereocenters. The highest BCUT2D eigenvalue weighted by Gasteiger charge is 2.15. The van der Waals surface area contributed by atoms with E-state index in [9.17, 15) is 8.78 Å². The number of rotatable bonds is 1. The summed E-state index contributed by atoms with van der Waals surface area (Å²) in [6.45, 7) is 0. The van der Waals surface area contributed by atoms with E-state index in [1.165, 1.54) is 12.3 Å². The second-order valence-electron chi connectivity index (χ2n) is 2.97. The largest absolute Gasteiger partial charge is 0.267 e. The second kappa shape index (κ2) is 3.31. The first-order valence-electron chi connectivity index (χ1n) is 3.99. The zero-order chi connectivity index (χ0) is 10.3. The van der Waals surface area contributed by atoms with E-state index in [0.29, 0.717) is 10.9 Å². The van der Waals surface area contributed by atoms with Crippen molar-refractivity contribution in [3.63, 3.8) is 0 Å². The number of fused-ring (bicyclic) bond motifs is 1. The van der Waals surface area contributed by atoms with Crippen molar-refractivity contribution in [1.29, 1.82) is 0 Å². The van der Waals surface area contributed by atoms with Crippen LogP contribution in [0.25, 0.3) is 10.9 Å². The summed E-state index contributed by atoms with van der Waals surface area (Å²) in [5, 5.41) is 4.45. The first-order valence-corrected chi connectivity index (χ1v) is 4.79. The van der Waals surface area contributed by atoms with Crippen molar-refractivity contribution in [3.8, 4) is 0 Å². The zero-order valence-corrected chi connectivity index (χ0v) is 8.92. The third kappa shape index (κ3) is 1.32. The summed E-state index contributed by atoms with van der Waals surface area (Å²) in [4.78, 5) is 0. The maximum Gasteiger partial charge on any atom is 0.264 e. The van der Waals surface area contributed by atoms with Crippen LogP contribution < -0.4 is 0 Å². The van der Waals surface area contributed by atoms with Crippen molar-refractivity contribution < 1.29 is 8.78 Å². The molecule has 0 aliphatic heterocycles. The fourth-order valence-corrected chi connectivity index (χ4v) is 2.06. The molecule has 0 radical (unpaired) electrons. The number of benzene rings is 1. The average Bonchev–Trinajstić information content (AvgIpc) is 2.49. The molecule has 1 aromatic heterocycles. The Kier molecular flexibility index (Phi) is 2.26. The molecule has 0 fully saturated rings. The fraction of sp³-hybridized carbons (Fsp3) is 0.222. The Morgan fingerprint density at radius 2 is 2.14 bits per heavy atom. The summed E-state index contributed by atoms with van der Waals surface area (Å²) in [5.74, 6) is 0. The number of halogens is 3. The summed E-state index contributed by atoms with van der Waals surface area (Å²) in [5.41, 5.74) is 0.721. The third-order valence-corrected chi connectivity index (χ3v) is 2.76. The van der Waals surface area contributed by atoms with E-state index in [2.05, 4.69) is 21.0 Å². The average molecular weight is 261 g/mol. The number of hydrogen-bond acceptors (Lipinski definition) is 1. The minimum Gasteiger partial charge on any atom is -0.267 e. The van der Waals surface area contributed by atoms with Gasteiger partial charge >= 0.3 is 0 Å². The Hall–Kier alpha value is -0.970. The van der Waals surface area contributed by atoms with E-state index in [0.717, 1.165) is 4.47 Å². The molecular formula is C9H7BrF2N2. The molecule has 0 amide bonds. The Balaban J connectivity index is 2.83. The summed E-state index contributed by atoms with van der Waals surface area (Å²) < 4.78 is 27.5. The monoisotopic (exact) mass is 260 g/mol. The fourth-order valence-electron chi connectivity index (χ4n) is 1.45. The Labute approximate surface area is 87.6 Å². The van der Waals surface area contributed by atoms with E-state index >= 15 is 0 Å². The van der Waals surface area contributed by atoms with E-state index in [-0.39, 0.29) is 5.56 Å². The van der Waals surface area contributed by atoms with Gasteiger partial charge in [-0.25, -0.2) is 8.78 Å². The molecule has 2 nitrogen and oxygen atoms in total. The second-order valence-corrected chi connectivity index (χ2v) is 3.82. The van der Waals surface area contributed by atoms with E-state index < -0.39 is 6.43 Å². The smallest absolute Gasteiger partial charge is 0.264 e. The van der Waals surface area contributed by atoms with Gasteiger partial charge < -0.3 is 0 Å². The van der Waals surface area contributed by atoms with Gasteiger partial charge in [0.1, 0.15) is 0 Å². The van der Waals surface area contributed by atoms with Crippen LogP contribution in [0.1, 0.15) is 12.0 Å². The normalized spacial score (nSPS) is 11.5. The zero-order valence-electron chi connectivity index (χ0n) is 7.34. The van der Waals surface area contributed by atoms with Gasteiger partial charge in [0.2, 0.25) is 0 Å². The van der Waals surface area contributed by atoms with Crippen molar-refractivity contribution in [1.82, 2.24) is 9.78 Å². The Morgan fingerprint density at radius 3 is 2.79 bits per heavy atom. The molecule has 0 spiro atoms. The van der Waals surface area contributed by atoms with E-state index in [4.69, 9.17) is 0 Å². The van der Waals surface area contributed by atoms with Crippen LogP contribution in [-0.4, -0.2) is 9.78 Å². The molecule has 0 bridgehead atoms. The van der Waals surface area contributed by atoms with Crippen LogP contribution in [0.15, 0.2) is 22.8 Å². The van der Waals surface area contributed by atoms with Crippen molar-refractivity contribution in [2.24, 2.45) is 7.05 Å². The summed E-state index contributed by atoms with van der Waals surface area (Å²) in [6.07, 6.45) is -1.00. The molecule has 2 rings (SSSR count). The Morgan fingerprint density at radius 1 is 1.43 bits per heavy atom. The SMILES string of the molecule is Cn1ncc2c(C(F)F)ccc(Br)c21. The van der Waals surface area contributed by atoms with Crippen molar-refractivity contribution in [2.45, 2.75) is 6.43 Å². The maximum atomic E-state index is 12.6. The van der Waals surface area contributed by atoms with Crippen molar-refractivity contribution in [2.75, 3.05) is 0 Å². The summed E-state index contributed by atoms with van der Waals surface area (Å²) in [6, 6.07) is 3.03. The molecule has 0 N–H and O–H groups in total. The lowest BCUT2D eigenvalue weighted by molar-refractivity contribution is 0.153.